The Kier molecular flexibility index (Phi) is 8.42. The van der Waals surface area contributed by atoms with Crippen LogP contribution in [0, 0.1) is 0 Å². The number of hydrogen-bond donors (Lipinski definition) is 4. The van der Waals surface area contributed by atoms with Crippen LogP contribution >= 0.6 is 0 Å². The number of phenolic OH excluding ortho intramolecular Hbond substituents is 2. The summed E-state index contributed by atoms with van der Waals surface area (Å²) in [5.74, 6) is -1.88. The van der Waals surface area contributed by atoms with Crippen molar-refractivity contribution in [2.45, 2.75) is 70.9 Å². The van der Waals surface area contributed by atoms with Crippen molar-refractivity contribution < 1.29 is 38.9 Å². The number of likely N-dealkylation sites (tertiary alicyclic amines) is 1. The van der Waals surface area contributed by atoms with Gasteiger partial charge in [-0.2, -0.15) is 0 Å². The molecule has 1 saturated heterocycles. The summed E-state index contributed by atoms with van der Waals surface area (Å²) < 4.78 is 10.8. The van der Waals surface area contributed by atoms with E-state index in [9.17, 15) is 29.4 Å². The summed E-state index contributed by atoms with van der Waals surface area (Å²) in [6, 6.07) is 8.26. The second-order valence-electron chi connectivity index (χ2n) is 11.3. The highest BCUT2D eigenvalue weighted by molar-refractivity contribution is 5.97. The summed E-state index contributed by atoms with van der Waals surface area (Å²) in [5.41, 5.74) is -0.822. The van der Waals surface area contributed by atoms with E-state index >= 15 is 0 Å². The van der Waals surface area contributed by atoms with Crippen molar-refractivity contribution in [3.05, 3.63) is 59.7 Å². The summed E-state index contributed by atoms with van der Waals surface area (Å²) in [7, 11) is 0. The van der Waals surface area contributed by atoms with Gasteiger partial charge >= 0.3 is 12.1 Å². The van der Waals surface area contributed by atoms with Gasteiger partial charge in [-0.15, -0.1) is 0 Å². The molecule has 3 amide bonds. The molecular formula is C28H35N3O8. The third-order valence-electron chi connectivity index (χ3n) is 5.58. The van der Waals surface area contributed by atoms with Crippen LogP contribution in [0.25, 0.3) is 0 Å². The number of hydrogen-bond acceptors (Lipinski definition) is 8. The molecule has 39 heavy (non-hydrogen) atoms. The Hall–Kier alpha value is -4.28. The first-order valence-electron chi connectivity index (χ1n) is 12.4. The molecule has 2 aromatic rings. The van der Waals surface area contributed by atoms with E-state index in [4.69, 9.17) is 9.47 Å². The minimum atomic E-state index is -1.22. The topological polar surface area (TPSA) is 154 Å². The number of alkyl carbamates (subject to hydrolysis) is 1. The lowest BCUT2D eigenvalue weighted by Crippen LogP contribution is -2.66. The molecule has 2 aromatic carbocycles. The van der Waals surface area contributed by atoms with Crippen LogP contribution in [0.4, 0.5) is 4.79 Å². The van der Waals surface area contributed by atoms with Crippen LogP contribution in [0.2, 0.25) is 0 Å². The van der Waals surface area contributed by atoms with Crippen LogP contribution < -0.4 is 10.6 Å². The predicted octanol–water partition coefficient (Wildman–Crippen LogP) is 3.07. The van der Waals surface area contributed by atoms with E-state index < -0.39 is 53.2 Å². The minimum absolute atomic E-state index is 0.000440. The van der Waals surface area contributed by atoms with Gasteiger partial charge in [0.1, 0.15) is 34.8 Å². The number of rotatable bonds is 7. The Balaban J connectivity index is 1.78. The molecule has 1 fully saturated rings. The van der Waals surface area contributed by atoms with Crippen molar-refractivity contribution in [2.24, 2.45) is 0 Å². The Morgan fingerprint density at radius 2 is 1.33 bits per heavy atom. The fraction of sp³-hybridized carbons (Fsp3) is 0.429. The predicted molar refractivity (Wildman–Crippen MR) is 141 cm³/mol. The van der Waals surface area contributed by atoms with E-state index in [1.807, 2.05) is 0 Å². The van der Waals surface area contributed by atoms with Gasteiger partial charge in [-0.05, 0) is 76.9 Å². The van der Waals surface area contributed by atoms with Gasteiger partial charge in [0.2, 0.25) is 11.8 Å². The zero-order chi connectivity index (χ0) is 29.1. The third-order valence-corrected chi connectivity index (χ3v) is 5.58. The highest BCUT2D eigenvalue weighted by Gasteiger charge is 2.46. The summed E-state index contributed by atoms with van der Waals surface area (Å²) in [6.07, 6.45) is -0.838. The van der Waals surface area contributed by atoms with Crippen molar-refractivity contribution in [2.75, 3.05) is 6.54 Å². The molecule has 1 aliphatic rings. The zero-order valence-electron chi connectivity index (χ0n) is 22.8. The average Bonchev–Trinajstić information content (AvgIpc) is 2.81. The van der Waals surface area contributed by atoms with Crippen molar-refractivity contribution in [1.29, 1.82) is 0 Å². The standard InChI is InChI=1S/C28H35N3O8/c1-27(2,3)38-25(36)22(17-9-13-19(33)14-10-17)31-15-20(24(31)35)29-23(34)21(16-7-11-18(32)12-8-16)30-26(37)39-28(4,5)6/h7-14,20-22,32-33H,15H2,1-6H3,(H,29,34)(H,30,37)/t20-,21+,22-/m0/s1. The van der Waals surface area contributed by atoms with Crippen LogP contribution in [0.15, 0.2) is 48.5 Å². The number of esters is 1. The maximum absolute atomic E-state index is 13.2. The fourth-order valence-electron chi connectivity index (χ4n) is 3.90. The highest BCUT2D eigenvalue weighted by atomic mass is 16.6. The summed E-state index contributed by atoms with van der Waals surface area (Å²) in [4.78, 5) is 53.2. The van der Waals surface area contributed by atoms with E-state index in [0.29, 0.717) is 11.1 Å². The van der Waals surface area contributed by atoms with Gasteiger partial charge in [-0.3, -0.25) is 9.59 Å². The fourth-order valence-corrected chi connectivity index (χ4v) is 3.90. The molecular weight excluding hydrogens is 506 g/mol. The van der Waals surface area contributed by atoms with Crippen LogP contribution in [0.1, 0.15) is 64.8 Å². The normalized spacial score (nSPS) is 16.9. The second-order valence-corrected chi connectivity index (χ2v) is 11.3. The number of aromatic hydroxyl groups is 2. The van der Waals surface area contributed by atoms with E-state index in [1.54, 1.807) is 41.5 Å². The van der Waals surface area contributed by atoms with Gasteiger partial charge in [0.25, 0.3) is 0 Å². The smallest absolute Gasteiger partial charge is 0.408 e. The molecule has 0 spiro atoms. The average molecular weight is 542 g/mol. The lowest BCUT2D eigenvalue weighted by Gasteiger charge is -2.43. The number of phenols is 2. The molecule has 210 valence electrons. The quantitative estimate of drug-likeness (QED) is 0.308. The largest absolute Gasteiger partial charge is 0.508 e. The van der Waals surface area contributed by atoms with Gasteiger partial charge in [0.15, 0.2) is 6.04 Å². The maximum atomic E-state index is 13.2. The summed E-state index contributed by atoms with van der Waals surface area (Å²) in [5, 5.41) is 24.4. The van der Waals surface area contributed by atoms with Gasteiger partial charge in [-0.25, -0.2) is 9.59 Å². The maximum Gasteiger partial charge on any atom is 0.408 e. The molecule has 3 atom stereocenters. The van der Waals surface area contributed by atoms with E-state index in [1.165, 1.54) is 53.4 Å². The number of β-lactam (4-membered cyclic amide) rings is 1. The molecule has 1 aliphatic heterocycles. The molecule has 3 rings (SSSR count). The van der Waals surface area contributed by atoms with E-state index in [-0.39, 0.29) is 18.0 Å². The number of ether oxygens (including phenoxy) is 2. The second kappa shape index (κ2) is 11.2. The van der Waals surface area contributed by atoms with Crippen molar-refractivity contribution in [1.82, 2.24) is 15.5 Å². The van der Waals surface area contributed by atoms with Crippen molar-refractivity contribution in [3.63, 3.8) is 0 Å². The minimum Gasteiger partial charge on any atom is -0.508 e. The monoisotopic (exact) mass is 541 g/mol. The SMILES string of the molecule is CC(C)(C)OC(=O)N[C@@H](C(=O)N[C@H]1CN([C@H](C(=O)OC(C)(C)C)c2ccc(O)cc2)C1=O)c1ccc(O)cc1. The molecule has 0 saturated carbocycles. The van der Waals surface area contributed by atoms with Gasteiger partial charge in [0.05, 0.1) is 6.54 Å². The van der Waals surface area contributed by atoms with Gasteiger partial charge < -0.3 is 35.2 Å². The Labute approximate surface area is 227 Å². The number of amides is 3. The highest BCUT2D eigenvalue weighted by Crippen LogP contribution is 2.31. The Morgan fingerprint density at radius 3 is 1.79 bits per heavy atom. The van der Waals surface area contributed by atoms with Crippen LogP contribution in [-0.2, 0) is 23.9 Å². The van der Waals surface area contributed by atoms with Crippen LogP contribution in [0.3, 0.4) is 0 Å². The van der Waals surface area contributed by atoms with Gasteiger partial charge in [0, 0.05) is 0 Å². The number of benzene rings is 2. The Morgan fingerprint density at radius 1 is 0.846 bits per heavy atom. The number of nitrogens with one attached hydrogen (secondary N) is 2. The number of nitrogens with zero attached hydrogens (tertiary/aromatic N) is 1. The van der Waals surface area contributed by atoms with Crippen LogP contribution in [-0.4, -0.2) is 62.8 Å². The van der Waals surface area contributed by atoms with E-state index in [0.717, 1.165) is 0 Å². The molecule has 1 heterocycles. The molecule has 11 heteroatoms. The lowest BCUT2D eigenvalue weighted by atomic mass is 9.97. The third kappa shape index (κ3) is 7.86. The van der Waals surface area contributed by atoms with Crippen molar-refractivity contribution in [3.8, 4) is 11.5 Å². The molecule has 0 aromatic heterocycles. The molecule has 0 bridgehead atoms. The van der Waals surface area contributed by atoms with E-state index in [2.05, 4.69) is 10.6 Å². The summed E-state index contributed by atoms with van der Waals surface area (Å²) >= 11 is 0. The van der Waals surface area contributed by atoms with Crippen LogP contribution in [0.5, 0.6) is 11.5 Å². The molecule has 0 aliphatic carbocycles. The van der Waals surface area contributed by atoms with Crippen molar-refractivity contribution >= 4 is 23.9 Å². The molecule has 0 radical (unpaired) electrons. The first-order valence-corrected chi connectivity index (χ1v) is 12.4. The van der Waals surface area contributed by atoms with Gasteiger partial charge in [-0.1, -0.05) is 24.3 Å². The first-order chi connectivity index (χ1) is 18.0. The Bertz CT molecular complexity index is 1210. The lowest BCUT2D eigenvalue weighted by molar-refractivity contribution is -0.171. The first kappa shape index (κ1) is 29.3. The molecule has 4 N–H and O–H groups in total. The zero-order valence-corrected chi connectivity index (χ0v) is 22.8. The number of carbonyl (C=O) groups is 4. The molecule has 0 unspecified atom stereocenters. The number of carbonyl (C=O) groups excluding carboxylic acids is 4. The molecule has 11 nitrogen and oxygen atoms in total. The summed E-state index contributed by atoms with van der Waals surface area (Å²) in [6.45, 7) is 10.2.